The molecule has 0 aliphatic carbocycles. The Labute approximate surface area is 168 Å². The van der Waals surface area contributed by atoms with Gasteiger partial charge < -0.3 is 15.2 Å². The molecule has 0 radical (unpaired) electrons. The third kappa shape index (κ3) is 3.45. The van der Waals surface area contributed by atoms with Gasteiger partial charge in [-0.1, -0.05) is 6.07 Å². The van der Waals surface area contributed by atoms with Crippen LogP contribution in [0.5, 0.6) is 0 Å². The first kappa shape index (κ1) is 17.8. The maximum absolute atomic E-state index is 12.6. The molecule has 1 fully saturated rings. The van der Waals surface area contributed by atoms with Gasteiger partial charge in [-0.15, -0.1) is 0 Å². The van der Waals surface area contributed by atoms with Crippen molar-refractivity contribution in [2.45, 2.75) is 12.8 Å². The lowest BCUT2D eigenvalue weighted by Gasteiger charge is -2.27. The monoisotopic (exact) mass is 386 g/mol. The van der Waals surface area contributed by atoms with Gasteiger partial charge in [0.2, 0.25) is 5.91 Å². The standard InChI is InChI=1S/C22H22N6O/c1-28-10-6-14(7-11-28)22(29)27-20-5-3-16-17(13-25-21(16)26-20)15-2-4-18-19(12-15)24-9-8-23-18/h2-5,8-9,12-14H,6-7,10-11H2,1H3,(H2,25,26,27,29). The van der Waals surface area contributed by atoms with Crippen molar-refractivity contribution in [3.8, 4) is 11.1 Å². The number of pyridine rings is 1. The molecule has 1 aromatic carbocycles. The van der Waals surface area contributed by atoms with Gasteiger partial charge in [-0.25, -0.2) is 4.98 Å². The molecule has 4 heterocycles. The summed E-state index contributed by atoms with van der Waals surface area (Å²) in [6, 6.07) is 9.91. The van der Waals surface area contributed by atoms with Gasteiger partial charge in [0.05, 0.1) is 11.0 Å². The second kappa shape index (κ2) is 7.25. The number of hydrogen-bond acceptors (Lipinski definition) is 5. The van der Waals surface area contributed by atoms with Crippen LogP contribution in [0.2, 0.25) is 0 Å². The first-order valence-corrected chi connectivity index (χ1v) is 9.86. The van der Waals surface area contributed by atoms with E-state index in [0.717, 1.165) is 59.1 Å². The maximum atomic E-state index is 12.6. The van der Waals surface area contributed by atoms with Gasteiger partial charge in [-0.2, -0.15) is 0 Å². The molecule has 0 spiro atoms. The number of carbonyl (C=O) groups excluding carboxylic acids is 1. The van der Waals surface area contributed by atoms with Gasteiger partial charge in [0.15, 0.2) is 0 Å². The average Bonchev–Trinajstić information content (AvgIpc) is 3.17. The maximum Gasteiger partial charge on any atom is 0.228 e. The SMILES string of the molecule is CN1CCC(C(=O)Nc2ccc3c(-c4ccc5nccnc5c4)c[nH]c3n2)CC1. The molecule has 1 saturated heterocycles. The molecule has 7 nitrogen and oxygen atoms in total. The lowest BCUT2D eigenvalue weighted by atomic mass is 9.96. The van der Waals surface area contributed by atoms with Crippen LogP contribution >= 0.6 is 0 Å². The molecule has 146 valence electrons. The summed E-state index contributed by atoms with van der Waals surface area (Å²) in [5.74, 6) is 0.700. The number of aromatic amines is 1. The van der Waals surface area contributed by atoms with Gasteiger partial charge in [0, 0.05) is 35.5 Å². The van der Waals surface area contributed by atoms with Crippen LogP contribution in [0.15, 0.2) is 48.9 Å². The Bertz CT molecular complexity index is 1190. The van der Waals surface area contributed by atoms with Gasteiger partial charge in [0.1, 0.15) is 11.5 Å². The first-order chi connectivity index (χ1) is 14.2. The van der Waals surface area contributed by atoms with Crippen molar-refractivity contribution in [3.05, 3.63) is 48.9 Å². The summed E-state index contributed by atoms with van der Waals surface area (Å²) in [5.41, 5.74) is 4.57. The van der Waals surface area contributed by atoms with Crippen LogP contribution in [0.4, 0.5) is 5.82 Å². The number of nitrogens with one attached hydrogen (secondary N) is 2. The number of rotatable bonds is 3. The quantitative estimate of drug-likeness (QED) is 0.563. The van der Waals surface area contributed by atoms with E-state index in [1.165, 1.54) is 0 Å². The molecule has 0 saturated carbocycles. The minimum Gasteiger partial charge on any atom is -0.345 e. The average molecular weight is 386 g/mol. The molecular weight excluding hydrogens is 364 g/mol. The number of fused-ring (bicyclic) bond motifs is 2. The van der Waals surface area contributed by atoms with E-state index in [9.17, 15) is 4.79 Å². The molecule has 7 heteroatoms. The van der Waals surface area contributed by atoms with E-state index in [0.29, 0.717) is 5.82 Å². The molecule has 1 aliphatic heterocycles. The number of hydrogen-bond donors (Lipinski definition) is 2. The van der Waals surface area contributed by atoms with E-state index in [1.54, 1.807) is 12.4 Å². The second-order valence-electron chi connectivity index (χ2n) is 7.62. The molecule has 1 amide bonds. The van der Waals surface area contributed by atoms with Crippen LogP contribution in [0.3, 0.4) is 0 Å². The predicted octanol–water partition coefficient (Wildman–Crippen LogP) is 3.45. The summed E-state index contributed by atoms with van der Waals surface area (Å²) in [5, 5.41) is 3.99. The lowest BCUT2D eigenvalue weighted by molar-refractivity contribution is -0.121. The highest BCUT2D eigenvalue weighted by atomic mass is 16.1. The number of aromatic nitrogens is 4. The number of anilines is 1. The minimum absolute atomic E-state index is 0.0570. The van der Waals surface area contributed by atoms with Crippen LogP contribution in [0.25, 0.3) is 33.2 Å². The molecule has 29 heavy (non-hydrogen) atoms. The number of nitrogens with zero attached hydrogens (tertiary/aromatic N) is 4. The molecule has 4 aromatic rings. The zero-order chi connectivity index (χ0) is 19.8. The molecule has 0 atom stereocenters. The van der Waals surface area contributed by atoms with Crippen LogP contribution in [-0.2, 0) is 4.79 Å². The van der Waals surface area contributed by atoms with Gasteiger partial charge in [-0.3, -0.25) is 14.8 Å². The number of likely N-dealkylation sites (tertiary alicyclic amines) is 1. The van der Waals surface area contributed by atoms with E-state index >= 15 is 0 Å². The van der Waals surface area contributed by atoms with Crippen LogP contribution in [0, 0.1) is 5.92 Å². The second-order valence-corrected chi connectivity index (χ2v) is 7.62. The Morgan fingerprint density at radius 1 is 1.10 bits per heavy atom. The molecule has 0 bridgehead atoms. The fourth-order valence-electron chi connectivity index (χ4n) is 3.94. The van der Waals surface area contributed by atoms with Crippen LogP contribution < -0.4 is 5.32 Å². The number of amides is 1. The van der Waals surface area contributed by atoms with Crippen LogP contribution in [0.1, 0.15) is 12.8 Å². The molecule has 0 unspecified atom stereocenters. The summed E-state index contributed by atoms with van der Waals surface area (Å²) in [4.78, 5) is 31.4. The third-order valence-corrected chi connectivity index (χ3v) is 5.66. The normalized spacial score (nSPS) is 15.8. The van der Waals surface area contributed by atoms with Crippen molar-refractivity contribution in [1.82, 2.24) is 24.8 Å². The smallest absolute Gasteiger partial charge is 0.228 e. The van der Waals surface area contributed by atoms with Crippen molar-refractivity contribution in [2.24, 2.45) is 5.92 Å². The summed E-state index contributed by atoms with van der Waals surface area (Å²) in [7, 11) is 2.09. The Balaban J connectivity index is 1.40. The number of carbonyl (C=O) groups is 1. The topological polar surface area (TPSA) is 86.8 Å². The zero-order valence-corrected chi connectivity index (χ0v) is 16.2. The van der Waals surface area contributed by atoms with E-state index in [2.05, 4.69) is 37.2 Å². The zero-order valence-electron chi connectivity index (χ0n) is 16.2. The first-order valence-electron chi connectivity index (χ1n) is 9.86. The van der Waals surface area contributed by atoms with Crippen LogP contribution in [-0.4, -0.2) is 50.9 Å². The highest BCUT2D eigenvalue weighted by molar-refractivity contribution is 5.98. The molecule has 1 aliphatic rings. The summed E-state index contributed by atoms with van der Waals surface area (Å²) >= 11 is 0. The molecule has 2 N–H and O–H groups in total. The Morgan fingerprint density at radius 2 is 1.90 bits per heavy atom. The largest absolute Gasteiger partial charge is 0.345 e. The van der Waals surface area contributed by atoms with Crippen molar-refractivity contribution in [2.75, 3.05) is 25.5 Å². The van der Waals surface area contributed by atoms with E-state index in [4.69, 9.17) is 0 Å². The van der Waals surface area contributed by atoms with E-state index in [-0.39, 0.29) is 11.8 Å². The third-order valence-electron chi connectivity index (χ3n) is 5.66. The van der Waals surface area contributed by atoms with Crippen molar-refractivity contribution in [3.63, 3.8) is 0 Å². The number of H-pyrrole nitrogens is 1. The minimum atomic E-state index is 0.0570. The summed E-state index contributed by atoms with van der Waals surface area (Å²) < 4.78 is 0. The van der Waals surface area contributed by atoms with E-state index in [1.807, 2.05) is 36.5 Å². The van der Waals surface area contributed by atoms with Gasteiger partial charge in [0.25, 0.3) is 0 Å². The predicted molar refractivity (Wildman–Crippen MR) is 113 cm³/mol. The van der Waals surface area contributed by atoms with Gasteiger partial charge in [-0.05, 0) is 62.8 Å². The number of piperidine rings is 1. The highest BCUT2D eigenvalue weighted by Gasteiger charge is 2.23. The van der Waals surface area contributed by atoms with Crippen molar-refractivity contribution >= 4 is 33.8 Å². The molecule has 5 rings (SSSR count). The van der Waals surface area contributed by atoms with Crippen molar-refractivity contribution < 1.29 is 4.79 Å². The number of benzene rings is 1. The Hall–Kier alpha value is -3.32. The van der Waals surface area contributed by atoms with Gasteiger partial charge >= 0.3 is 0 Å². The van der Waals surface area contributed by atoms with Crippen molar-refractivity contribution in [1.29, 1.82) is 0 Å². The highest BCUT2D eigenvalue weighted by Crippen LogP contribution is 2.30. The fraction of sp³-hybridized carbons (Fsp3) is 0.273. The fourth-order valence-corrected chi connectivity index (χ4v) is 3.94. The molecule has 3 aromatic heterocycles. The Kier molecular flexibility index (Phi) is 4.44. The summed E-state index contributed by atoms with van der Waals surface area (Å²) in [6.07, 6.45) is 7.11. The molecular formula is C22H22N6O. The lowest BCUT2D eigenvalue weighted by Crippen LogP contribution is -2.36. The van der Waals surface area contributed by atoms with E-state index < -0.39 is 0 Å². The Morgan fingerprint density at radius 3 is 2.72 bits per heavy atom. The summed E-state index contributed by atoms with van der Waals surface area (Å²) in [6.45, 7) is 1.92.